The minimum absolute atomic E-state index is 0.286. The molecule has 0 fully saturated rings. The fourth-order valence-corrected chi connectivity index (χ4v) is 1.77. The standard InChI is InChI=1S/C12H8ClNO3/c1-6(13)8-4-2-3-7-5-9(12(16)17)11(15)14-10(7)8/h2-5H,1H2,(H,14,15)(H,16,17). The lowest BCUT2D eigenvalue weighted by atomic mass is 10.1. The van der Waals surface area contributed by atoms with Gasteiger partial charge < -0.3 is 10.1 Å². The predicted octanol–water partition coefficient (Wildman–Crippen LogP) is 2.44. The number of fused-ring (bicyclic) bond motifs is 1. The number of rotatable bonds is 2. The Labute approximate surface area is 101 Å². The van der Waals surface area contributed by atoms with Crippen LogP contribution in [0.5, 0.6) is 0 Å². The molecular formula is C12H8ClNO3. The summed E-state index contributed by atoms with van der Waals surface area (Å²) in [6.07, 6.45) is 0. The molecule has 0 spiro atoms. The normalized spacial score (nSPS) is 10.4. The molecule has 5 heteroatoms. The molecule has 0 bridgehead atoms. The zero-order chi connectivity index (χ0) is 12.6. The number of aromatic nitrogens is 1. The summed E-state index contributed by atoms with van der Waals surface area (Å²) in [4.78, 5) is 24.9. The van der Waals surface area contributed by atoms with Crippen molar-refractivity contribution in [2.75, 3.05) is 0 Å². The number of carboxylic acids is 1. The van der Waals surface area contributed by atoms with Crippen molar-refractivity contribution in [3.05, 3.63) is 52.3 Å². The highest BCUT2D eigenvalue weighted by Gasteiger charge is 2.11. The van der Waals surface area contributed by atoms with Gasteiger partial charge >= 0.3 is 5.97 Å². The number of carboxylic acid groups (broad SMARTS) is 1. The van der Waals surface area contributed by atoms with E-state index in [0.717, 1.165) is 0 Å². The lowest BCUT2D eigenvalue weighted by Gasteiger charge is -2.05. The van der Waals surface area contributed by atoms with E-state index in [0.29, 0.717) is 16.5 Å². The first-order chi connectivity index (χ1) is 8.00. The minimum Gasteiger partial charge on any atom is -0.477 e. The average Bonchev–Trinajstić information content (AvgIpc) is 2.26. The van der Waals surface area contributed by atoms with E-state index in [2.05, 4.69) is 11.6 Å². The van der Waals surface area contributed by atoms with Crippen LogP contribution in [0.1, 0.15) is 15.9 Å². The van der Waals surface area contributed by atoms with Crippen LogP contribution in [0.25, 0.3) is 15.9 Å². The molecule has 1 aromatic heterocycles. The first kappa shape index (κ1) is 11.4. The van der Waals surface area contributed by atoms with Crippen LogP contribution in [0.3, 0.4) is 0 Å². The van der Waals surface area contributed by atoms with Gasteiger partial charge in [-0.2, -0.15) is 0 Å². The molecule has 17 heavy (non-hydrogen) atoms. The van der Waals surface area contributed by atoms with Crippen LogP contribution in [0.15, 0.2) is 35.6 Å². The number of H-pyrrole nitrogens is 1. The Bertz CT molecular complexity index is 688. The highest BCUT2D eigenvalue weighted by molar-refractivity contribution is 6.49. The molecule has 0 aliphatic carbocycles. The van der Waals surface area contributed by atoms with Gasteiger partial charge in [0.05, 0.1) is 5.52 Å². The SMILES string of the molecule is C=C(Cl)c1cccc2cc(C(=O)O)c(=O)[nH]c12. The van der Waals surface area contributed by atoms with Crippen molar-refractivity contribution in [3.8, 4) is 0 Å². The van der Waals surface area contributed by atoms with Crippen LogP contribution in [-0.2, 0) is 0 Å². The van der Waals surface area contributed by atoms with Crippen molar-refractivity contribution in [1.82, 2.24) is 4.98 Å². The Balaban J connectivity index is 2.87. The topological polar surface area (TPSA) is 70.2 Å². The third kappa shape index (κ3) is 1.94. The monoisotopic (exact) mass is 249 g/mol. The molecule has 0 unspecified atom stereocenters. The van der Waals surface area contributed by atoms with Gasteiger partial charge in [0, 0.05) is 10.6 Å². The first-order valence-corrected chi connectivity index (χ1v) is 5.12. The summed E-state index contributed by atoms with van der Waals surface area (Å²) >= 11 is 5.80. The smallest absolute Gasteiger partial charge is 0.341 e. The lowest BCUT2D eigenvalue weighted by molar-refractivity contribution is 0.0695. The Morgan fingerprint density at radius 3 is 2.65 bits per heavy atom. The van der Waals surface area contributed by atoms with E-state index < -0.39 is 11.5 Å². The average molecular weight is 250 g/mol. The second-order valence-corrected chi connectivity index (χ2v) is 3.95. The molecule has 2 rings (SSSR count). The second-order valence-electron chi connectivity index (χ2n) is 3.49. The maximum absolute atomic E-state index is 11.5. The van der Waals surface area contributed by atoms with E-state index in [-0.39, 0.29) is 10.6 Å². The first-order valence-electron chi connectivity index (χ1n) is 4.75. The quantitative estimate of drug-likeness (QED) is 0.859. The van der Waals surface area contributed by atoms with Crippen LogP contribution in [0.2, 0.25) is 0 Å². The minimum atomic E-state index is -1.26. The molecule has 0 radical (unpaired) electrons. The van der Waals surface area contributed by atoms with E-state index in [9.17, 15) is 9.59 Å². The van der Waals surface area contributed by atoms with Crippen molar-refractivity contribution >= 4 is 33.5 Å². The molecule has 0 atom stereocenters. The lowest BCUT2D eigenvalue weighted by Crippen LogP contribution is -2.17. The number of para-hydroxylation sites is 1. The third-order valence-corrected chi connectivity index (χ3v) is 2.61. The molecule has 86 valence electrons. The van der Waals surface area contributed by atoms with Crippen LogP contribution in [0, 0.1) is 0 Å². The summed E-state index contributed by atoms with van der Waals surface area (Å²) in [7, 11) is 0. The summed E-state index contributed by atoms with van der Waals surface area (Å²) in [5.41, 5.74) is 0.117. The van der Waals surface area contributed by atoms with E-state index in [1.54, 1.807) is 18.2 Å². The summed E-state index contributed by atoms with van der Waals surface area (Å²) < 4.78 is 0. The number of nitrogens with one attached hydrogen (secondary N) is 1. The van der Waals surface area contributed by atoms with Crippen LogP contribution < -0.4 is 5.56 Å². The van der Waals surface area contributed by atoms with Gasteiger partial charge in [0.25, 0.3) is 5.56 Å². The van der Waals surface area contributed by atoms with E-state index in [1.807, 2.05) is 0 Å². The molecule has 0 saturated carbocycles. The van der Waals surface area contributed by atoms with E-state index in [4.69, 9.17) is 16.7 Å². The second kappa shape index (κ2) is 4.07. The Morgan fingerprint density at radius 1 is 1.35 bits per heavy atom. The molecule has 2 aromatic rings. The van der Waals surface area contributed by atoms with Crippen molar-refractivity contribution in [1.29, 1.82) is 0 Å². The molecule has 2 N–H and O–H groups in total. The highest BCUT2D eigenvalue weighted by atomic mass is 35.5. The number of benzene rings is 1. The van der Waals surface area contributed by atoms with Gasteiger partial charge in [-0.1, -0.05) is 36.4 Å². The van der Waals surface area contributed by atoms with Crippen LogP contribution in [0.4, 0.5) is 0 Å². The van der Waals surface area contributed by atoms with Gasteiger partial charge in [-0.3, -0.25) is 4.79 Å². The van der Waals surface area contributed by atoms with Gasteiger partial charge in [-0.25, -0.2) is 4.79 Å². The number of aromatic amines is 1. The fourth-order valence-electron chi connectivity index (χ4n) is 1.62. The van der Waals surface area contributed by atoms with Crippen molar-refractivity contribution in [2.24, 2.45) is 0 Å². The molecule has 0 saturated heterocycles. The van der Waals surface area contributed by atoms with Gasteiger partial charge in [-0.15, -0.1) is 0 Å². The molecule has 1 aromatic carbocycles. The number of carbonyl (C=O) groups is 1. The molecule has 0 amide bonds. The van der Waals surface area contributed by atoms with E-state index in [1.165, 1.54) is 6.07 Å². The number of pyridine rings is 1. The summed E-state index contributed by atoms with van der Waals surface area (Å²) in [6.45, 7) is 3.59. The fraction of sp³-hybridized carbons (Fsp3) is 0. The largest absolute Gasteiger partial charge is 0.477 e. The zero-order valence-corrected chi connectivity index (χ0v) is 9.41. The number of halogens is 1. The highest BCUT2D eigenvalue weighted by Crippen LogP contribution is 2.24. The summed E-state index contributed by atoms with van der Waals surface area (Å²) in [5, 5.41) is 9.72. The van der Waals surface area contributed by atoms with Crippen molar-refractivity contribution in [2.45, 2.75) is 0 Å². The van der Waals surface area contributed by atoms with Crippen LogP contribution in [-0.4, -0.2) is 16.1 Å². The zero-order valence-electron chi connectivity index (χ0n) is 8.66. The van der Waals surface area contributed by atoms with E-state index >= 15 is 0 Å². The third-order valence-electron chi connectivity index (χ3n) is 2.40. The molecule has 1 heterocycles. The number of hydrogen-bond donors (Lipinski definition) is 2. The van der Waals surface area contributed by atoms with Crippen molar-refractivity contribution < 1.29 is 9.90 Å². The van der Waals surface area contributed by atoms with Crippen LogP contribution >= 0.6 is 11.6 Å². The van der Waals surface area contributed by atoms with Gasteiger partial charge in [-0.05, 0) is 11.5 Å². The summed E-state index contributed by atoms with van der Waals surface area (Å²) in [5.74, 6) is -1.26. The van der Waals surface area contributed by atoms with Gasteiger partial charge in [0.1, 0.15) is 5.56 Å². The number of aromatic carboxylic acids is 1. The van der Waals surface area contributed by atoms with Gasteiger partial charge in [0.15, 0.2) is 0 Å². The Morgan fingerprint density at radius 2 is 2.06 bits per heavy atom. The Hall–Kier alpha value is -2.07. The molecule has 0 aliphatic rings. The molecule has 4 nitrogen and oxygen atoms in total. The van der Waals surface area contributed by atoms with Gasteiger partial charge in [0.2, 0.25) is 0 Å². The maximum Gasteiger partial charge on any atom is 0.341 e. The molecule has 0 aliphatic heterocycles. The number of hydrogen-bond acceptors (Lipinski definition) is 2. The predicted molar refractivity (Wildman–Crippen MR) is 66.4 cm³/mol. The summed E-state index contributed by atoms with van der Waals surface area (Å²) in [6, 6.07) is 6.43. The molecular weight excluding hydrogens is 242 g/mol. The Kier molecular flexibility index (Phi) is 2.73. The maximum atomic E-state index is 11.5. The van der Waals surface area contributed by atoms with Crippen molar-refractivity contribution in [3.63, 3.8) is 0 Å².